The SMILES string of the molecule is Bc1c(B)c(B)c2c(oc3c2c(B)c(B)c2c3c3c(B)c(B)c(B)c(B)c3n2-c2ccc3c(c2)oc2cccc(-c4nc(-c5ccccc5)nc(-c5ccccc5)n4)c23)c1B. The van der Waals surface area contributed by atoms with Crippen LogP contribution in [0.15, 0.2) is 106 Å². The van der Waals surface area contributed by atoms with E-state index in [0.29, 0.717) is 17.5 Å². The minimum atomic E-state index is 0.598. The molecule has 0 aliphatic heterocycles. The zero-order chi connectivity index (χ0) is 42.2. The predicted octanol–water partition coefficient (Wildman–Crippen LogP) is -5.65. The first-order chi connectivity index (χ1) is 29.4. The Bertz CT molecular complexity index is 3660. The Kier molecular flexibility index (Phi) is 8.35. The lowest BCUT2D eigenvalue weighted by atomic mass is 9.64. The van der Waals surface area contributed by atoms with Gasteiger partial charge in [0.1, 0.15) is 101 Å². The maximum Gasteiger partial charge on any atom is 0.164 e. The third-order valence-corrected chi connectivity index (χ3v) is 14.1. The monoisotopic (exact) mass is 774 g/mol. The lowest BCUT2D eigenvalue weighted by molar-refractivity contribution is 0.668. The second-order valence-electron chi connectivity index (χ2n) is 17.0. The van der Waals surface area contributed by atoms with Gasteiger partial charge in [0, 0.05) is 60.9 Å². The number of hydrogen-bond donors (Lipinski definition) is 0. The van der Waals surface area contributed by atoms with Crippen molar-refractivity contribution in [3.05, 3.63) is 97.1 Å². The Morgan fingerprint density at radius 1 is 0.377 bits per heavy atom. The fraction of sp³-hybridized carbons (Fsp3) is 0. The molecule has 0 radical (unpaired) electrons. The summed E-state index contributed by atoms with van der Waals surface area (Å²) in [6, 6.07) is 33.0. The number of rotatable bonds is 4. The lowest BCUT2D eigenvalue weighted by Crippen LogP contribution is -2.48. The summed E-state index contributed by atoms with van der Waals surface area (Å²) in [5.74, 6) is 1.85. The van der Waals surface area contributed by atoms with Crippen molar-refractivity contribution in [3.63, 3.8) is 0 Å². The maximum absolute atomic E-state index is 7.16. The second kappa shape index (κ2) is 13.6. The Hall–Kier alpha value is -6.40. The quantitative estimate of drug-likeness (QED) is 0.167. The van der Waals surface area contributed by atoms with E-state index < -0.39 is 0 Å². The highest BCUT2D eigenvalue weighted by Gasteiger charge is 2.28. The van der Waals surface area contributed by atoms with E-state index in [2.05, 4.69) is 107 Å². The fourth-order valence-corrected chi connectivity index (χ4v) is 10.00. The van der Waals surface area contributed by atoms with Gasteiger partial charge in [-0.25, -0.2) is 15.0 Å². The van der Waals surface area contributed by atoms with Crippen LogP contribution >= 0.6 is 0 Å². The Labute approximate surface area is 362 Å². The molecule has 0 saturated heterocycles. The van der Waals surface area contributed by atoms with Crippen molar-refractivity contribution in [1.29, 1.82) is 0 Å². The maximum atomic E-state index is 7.16. The van der Waals surface area contributed by atoms with Crippen LogP contribution in [0.5, 0.6) is 0 Å². The molecule has 0 bridgehead atoms. The third kappa shape index (κ3) is 5.27. The molecule has 0 N–H and O–H groups in total. The van der Waals surface area contributed by atoms with Crippen molar-refractivity contribution in [2.45, 2.75) is 0 Å². The van der Waals surface area contributed by atoms with Crippen molar-refractivity contribution in [2.24, 2.45) is 0 Å². The fourth-order valence-electron chi connectivity index (χ4n) is 10.00. The van der Waals surface area contributed by atoms with Gasteiger partial charge in [-0.3, -0.25) is 0 Å². The first-order valence-electron chi connectivity index (χ1n) is 21.1. The number of hydrogen-bond acceptors (Lipinski definition) is 5. The van der Waals surface area contributed by atoms with E-state index in [-0.39, 0.29) is 0 Å². The van der Waals surface area contributed by atoms with Crippen LogP contribution in [0, 0.1) is 0 Å². The summed E-state index contributed by atoms with van der Waals surface area (Å²) >= 11 is 0. The van der Waals surface area contributed by atoms with Crippen molar-refractivity contribution in [1.82, 2.24) is 19.5 Å². The molecule has 278 valence electrons. The molecule has 0 aliphatic carbocycles. The van der Waals surface area contributed by atoms with E-state index in [1.165, 1.54) is 87.2 Å². The van der Waals surface area contributed by atoms with Crippen LogP contribution in [-0.2, 0) is 0 Å². The molecule has 0 atom stereocenters. The van der Waals surface area contributed by atoms with E-state index in [0.717, 1.165) is 55.5 Å². The molecule has 7 aromatic carbocycles. The number of aromatic nitrogens is 4. The minimum Gasteiger partial charge on any atom is -0.456 e. The van der Waals surface area contributed by atoms with Gasteiger partial charge in [0.2, 0.25) is 0 Å². The molecule has 0 amide bonds. The Morgan fingerprint density at radius 3 is 1.56 bits per heavy atom. The lowest BCUT2D eigenvalue weighted by Gasteiger charge is -2.16. The highest BCUT2D eigenvalue weighted by Crippen LogP contribution is 2.40. The molecule has 0 saturated carbocycles. The van der Waals surface area contributed by atoms with Crippen molar-refractivity contribution < 1.29 is 8.83 Å². The summed E-state index contributed by atoms with van der Waals surface area (Å²) < 4.78 is 16.5. The standard InChI is InChI=1S/C45H36B10N4O2/c46-29-25-28-40(36(53)31(48)26-27-30(47)33(50)35(52)38(55)42(27)61-41(26)28)59(39(25)37(54)34(51)32(29)49)19-14-15-20-23(16-19)60-22-13-7-12-21(24(20)22)45-57-43(17-8-3-1-4-9-17)56-44(58-45)18-10-5-2-6-11-18/h1-16H,46-55H2. The molecule has 6 nitrogen and oxygen atoms in total. The second-order valence-corrected chi connectivity index (χ2v) is 17.0. The Morgan fingerprint density at radius 2 is 0.902 bits per heavy atom. The van der Waals surface area contributed by atoms with Crippen LogP contribution in [0.3, 0.4) is 0 Å². The van der Waals surface area contributed by atoms with Gasteiger partial charge >= 0.3 is 0 Å². The zero-order valence-corrected chi connectivity index (χ0v) is 36.3. The van der Waals surface area contributed by atoms with Gasteiger partial charge in [0.05, 0.1) is 10.9 Å². The van der Waals surface area contributed by atoms with Crippen LogP contribution in [0.4, 0.5) is 0 Å². The highest BCUT2D eigenvalue weighted by atomic mass is 16.3. The van der Waals surface area contributed by atoms with E-state index >= 15 is 0 Å². The van der Waals surface area contributed by atoms with Gasteiger partial charge in [-0.1, -0.05) is 116 Å². The Balaban J connectivity index is 1.20. The van der Waals surface area contributed by atoms with Gasteiger partial charge in [-0.2, -0.15) is 0 Å². The number of nitrogens with zero attached hydrogens (tertiary/aromatic N) is 4. The molecule has 4 aromatic heterocycles. The summed E-state index contributed by atoms with van der Waals surface area (Å²) in [5.41, 5.74) is 22.5. The summed E-state index contributed by atoms with van der Waals surface area (Å²) in [7, 11) is 22.5. The molecule has 0 spiro atoms. The topological polar surface area (TPSA) is 69.9 Å². The van der Waals surface area contributed by atoms with E-state index in [1.807, 2.05) is 72.8 Å². The molecule has 16 heteroatoms. The van der Waals surface area contributed by atoms with Crippen LogP contribution in [0.1, 0.15) is 0 Å². The van der Waals surface area contributed by atoms with Crippen molar-refractivity contribution in [2.75, 3.05) is 0 Å². The summed E-state index contributed by atoms with van der Waals surface area (Å²) in [4.78, 5) is 15.1. The molecule has 0 fully saturated rings. The smallest absolute Gasteiger partial charge is 0.164 e. The number of fused-ring (bicyclic) bond motifs is 10. The van der Waals surface area contributed by atoms with Gasteiger partial charge in [0.25, 0.3) is 0 Å². The molecule has 0 unspecified atom stereocenters. The summed E-state index contributed by atoms with van der Waals surface area (Å²) in [6.45, 7) is 0. The molecular weight excluding hydrogens is 737 g/mol. The van der Waals surface area contributed by atoms with Gasteiger partial charge in [-0.05, 0) is 18.2 Å². The highest BCUT2D eigenvalue weighted by molar-refractivity contribution is 6.71. The molecule has 0 aliphatic rings. The first kappa shape index (κ1) is 37.6. The number of benzene rings is 7. The van der Waals surface area contributed by atoms with Gasteiger partial charge in [-0.15, -0.1) is 10.9 Å². The molecule has 11 aromatic rings. The third-order valence-electron chi connectivity index (χ3n) is 14.1. The summed E-state index contributed by atoms with van der Waals surface area (Å²) in [6.07, 6.45) is 0. The van der Waals surface area contributed by atoms with Gasteiger partial charge in [0.15, 0.2) is 17.5 Å². The van der Waals surface area contributed by atoms with Crippen molar-refractivity contribution in [3.8, 4) is 39.9 Å². The average Bonchev–Trinajstić information content (AvgIpc) is 3.99. The van der Waals surface area contributed by atoms with Crippen molar-refractivity contribution >= 4 is 199 Å². The van der Waals surface area contributed by atoms with Crippen LogP contribution < -0.4 is 54.6 Å². The number of furan rings is 2. The molecular formula is C45H36B10N4O2. The average molecular weight is 773 g/mol. The van der Waals surface area contributed by atoms with E-state index in [1.54, 1.807) is 0 Å². The normalized spacial score (nSPS) is 11.9. The molecule has 11 rings (SSSR count). The molecule has 4 heterocycles. The minimum absolute atomic E-state index is 0.598. The largest absolute Gasteiger partial charge is 0.456 e. The van der Waals surface area contributed by atoms with Crippen LogP contribution in [-0.4, -0.2) is 98.0 Å². The summed E-state index contributed by atoms with van der Waals surface area (Å²) in [5, 5.41) is 6.86. The zero-order valence-electron chi connectivity index (χ0n) is 36.3. The predicted molar refractivity (Wildman–Crippen MR) is 287 cm³/mol. The van der Waals surface area contributed by atoms with Crippen LogP contribution in [0.25, 0.3) is 106 Å². The van der Waals surface area contributed by atoms with Crippen LogP contribution in [0.2, 0.25) is 0 Å². The van der Waals surface area contributed by atoms with Gasteiger partial charge < -0.3 is 13.4 Å². The molecule has 61 heavy (non-hydrogen) atoms. The van der Waals surface area contributed by atoms with E-state index in [4.69, 9.17) is 23.8 Å². The first-order valence-corrected chi connectivity index (χ1v) is 21.1. The van der Waals surface area contributed by atoms with E-state index in [9.17, 15) is 0 Å².